The predicted molar refractivity (Wildman–Crippen MR) is 112 cm³/mol. The average Bonchev–Trinajstić information content (AvgIpc) is 3.12. The number of hydrogen-bond acceptors (Lipinski definition) is 6. The fourth-order valence-electron chi connectivity index (χ4n) is 3.24. The number of anilines is 2. The number of carbonyl (C=O) groups is 2. The number of hydrogen-bond donors (Lipinski definition) is 2. The van der Waals surface area contributed by atoms with Crippen LogP contribution in [0.1, 0.15) is 29.1 Å². The molecule has 1 aliphatic rings. The molecule has 1 aliphatic heterocycles. The van der Waals surface area contributed by atoms with Gasteiger partial charge in [-0.2, -0.15) is 4.31 Å². The van der Waals surface area contributed by atoms with E-state index in [0.717, 1.165) is 21.3 Å². The lowest BCUT2D eigenvalue weighted by Gasteiger charge is -2.25. The van der Waals surface area contributed by atoms with Crippen LogP contribution in [-0.2, 0) is 21.4 Å². The second kappa shape index (κ2) is 7.77. The van der Waals surface area contributed by atoms with Gasteiger partial charge < -0.3 is 15.3 Å². The highest BCUT2D eigenvalue weighted by Crippen LogP contribution is 2.41. The summed E-state index contributed by atoms with van der Waals surface area (Å²) in [6, 6.07) is 7.32. The van der Waals surface area contributed by atoms with E-state index in [0.29, 0.717) is 15.4 Å². The Hall–Kier alpha value is -2.43. The molecule has 10 heteroatoms. The molecule has 0 saturated heterocycles. The standard InChI is InChI=1S/C19H23N3O5S2/c1-11(2)17(19(24)25)22-10-14-15(29(22,26)27)9-16(28-14)20-18(23)12-5-7-13(8-6-12)21(3)4/h5-9,11,17H,10H2,1-4H3,(H,20,23)(H,24,25). The number of thiophene rings is 1. The van der Waals surface area contributed by atoms with E-state index in [1.54, 1.807) is 26.0 Å². The molecule has 2 aromatic rings. The van der Waals surface area contributed by atoms with Gasteiger partial charge in [-0.3, -0.25) is 9.59 Å². The van der Waals surface area contributed by atoms with E-state index < -0.39 is 22.0 Å². The summed E-state index contributed by atoms with van der Waals surface area (Å²) in [5, 5.41) is 12.6. The van der Waals surface area contributed by atoms with E-state index >= 15 is 0 Å². The highest BCUT2D eigenvalue weighted by atomic mass is 32.2. The van der Waals surface area contributed by atoms with Crippen molar-refractivity contribution in [3.63, 3.8) is 0 Å². The number of sulfonamides is 1. The lowest BCUT2D eigenvalue weighted by atomic mass is 10.1. The van der Waals surface area contributed by atoms with Gasteiger partial charge in [-0.15, -0.1) is 11.3 Å². The van der Waals surface area contributed by atoms with Crippen LogP contribution < -0.4 is 10.2 Å². The second-order valence-corrected chi connectivity index (χ2v) is 10.4. The van der Waals surface area contributed by atoms with Crippen molar-refractivity contribution in [2.45, 2.75) is 31.3 Å². The molecule has 0 spiro atoms. The Morgan fingerprint density at radius 2 is 1.83 bits per heavy atom. The molecule has 1 aromatic carbocycles. The zero-order chi connectivity index (χ0) is 21.5. The van der Waals surface area contributed by atoms with Crippen LogP contribution in [0.5, 0.6) is 0 Å². The van der Waals surface area contributed by atoms with Gasteiger partial charge in [0.25, 0.3) is 5.91 Å². The van der Waals surface area contributed by atoms with Gasteiger partial charge in [-0.05, 0) is 36.2 Å². The van der Waals surface area contributed by atoms with Gasteiger partial charge >= 0.3 is 5.97 Å². The molecule has 0 aliphatic carbocycles. The molecule has 156 valence electrons. The Labute approximate surface area is 173 Å². The maximum Gasteiger partial charge on any atom is 0.322 e. The minimum atomic E-state index is -3.92. The van der Waals surface area contributed by atoms with Crippen LogP contribution in [0.3, 0.4) is 0 Å². The largest absolute Gasteiger partial charge is 0.480 e. The Kier molecular flexibility index (Phi) is 5.70. The van der Waals surface area contributed by atoms with Gasteiger partial charge in [0.15, 0.2) is 0 Å². The molecule has 0 bridgehead atoms. The first-order valence-electron chi connectivity index (χ1n) is 8.98. The van der Waals surface area contributed by atoms with Crippen LogP contribution in [0.4, 0.5) is 10.7 Å². The van der Waals surface area contributed by atoms with Gasteiger partial charge in [-0.1, -0.05) is 13.8 Å². The Bertz CT molecular complexity index is 1040. The molecule has 0 radical (unpaired) electrons. The van der Waals surface area contributed by atoms with Crippen LogP contribution in [0.2, 0.25) is 0 Å². The molecule has 8 nitrogen and oxygen atoms in total. The summed E-state index contributed by atoms with van der Waals surface area (Å²) in [7, 11) is -0.118. The fraction of sp³-hybridized carbons (Fsp3) is 0.368. The third-order valence-corrected chi connectivity index (χ3v) is 7.79. The SMILES string of the molecule is CC(C)C(C(=O)O)N1Cc2sc(NC(=O)c3ccc(N(C)C)cc3)cc2S1(=O)=O. The summed E-state index contributed by atoms with van der Waals surface area (Å²) in [6.07, 6.45) is 0. The highest BCUT2D eigenvalue weighted by molar-refractivity contribution is 7.89. The number of rotatable bonds is 6. The molecule has 1 atom stereocenters. The van der Waals surface area contributed by atoms with E-state index in [1.165, 1.54) is 6.07 Å². The van der Waals surface area contributed by atoms with Gasteiger partial charge in [0, 0.05) is 30.2 Å². The van der Waals surface area contributed by atoms with E-state index in [1.807, 2.05) is 31.1 Å². The van der Waals surface area contributed by atoms with Crippen molar-refractivity contribution in [3.05, 3.63) is 40.8 Å². The number of amides is 1. The third-order valence-electron chi connectivity index (χ3n) is 4.73. The first kappa shape index (κ1) is 21.3. The molecular weight excluding hydrogens is 414 g/mol. The first-order valence-corrected chi connectivity index (χ1v) is 11.2. The lowest BCUT2D eigenvalue weighted by molar-refractivity contribution is -0.143. The molecule has 2 N–H and O–H groups in total. The minimum absolute atomic E-state index is 0.00905. The van der Waals surface area contributed by atoms with Crippen LogP contribution in [-0.4, -0.2) is 49.8 Å². The van der Waals surface area contributed by atoms with Crippen molar-refractivity contribution in [3.8, 4) is 0 Å². The molecule has 29 heavy (non-hydrogen) atoms. The van der Waals surface area contributed by atoms with Gasteiger partial charge in [0.1, 0.15) is 6.04 Å². The van der Waals surface area contributed by atoms with Crippen molar-refractivity contribution in [2.75, 3.05) is 24.3 Å². The van der Waals surface area contributed by atoms with E-state index in [2.05, 4.69) is 5.32 Å². The number of benzene rings is 1. The zero-order valence-electron chi connectivity index (χ0n) is 16.5. The summed E-state index contributed by atoms with van der Waals surface area (Å²) < 4.78 is 26.7. The second-order valence-electron chi connectivity index (χ2n) is 7.37. The minimum Gasteiger partial charge on any atom is -0.480 e. The smallest absolute Gasteiger partial charge is 0.322 e. The number of nitrogens with zero attached hydrogens (tertiary/aromatic N) is 2. The Morgan fingerprint density at radius 1 is 1.21 bits per heavy atom. The number of carbonyl (C=O) groups excluding carboxylic acids is 1. The molecule has 0 fully saturated rings. The van der Waals surface area contributed by atoms with Crippen LogP contribution >= 0.6 is 11.3 Å². The molecule has 1 aromatic heterocycles. The number of carboxylic acids is 1. The van der Waals surface area contributed by atoms with E-state index in [4.69, 9.17) is 0 Å². The van der Waals surface area contributed by atoms with E-state index in [9.17, 15) is 23.1 Å². The number of nitrogens with one attached hydrogen (secondary N) is 1. The molecule has 0 saturated carbocycles. The topological polar surface area (TPSA) is 107 Å². The summed E-state index contributed by atoms with van der Waals surface area (Å²) in [5.74, 6) is -1.89. The third kappa shape index (κ3) is 4.00. The van der Waals surface area contributed by atoms with Crippen molar-refractivity contribution in [1.82, 2.24) is 4.31 Å². The number of fused-ring (bicyclic) bond motifs is 1. The molecule has 1 unspecified atom stereocenters. The fourth-order valence-corrected chi connectivity index (χ4v) is 6.59. The Morgan fingerprint density at radius 3 is 2.31 bits per heavy atom. The molecule has 1 amide bonds. The molecule has 3 rings (SSSR count). The van der Waals surface area contributed by atoms with Crippen LogP contribution in [0, 0.1) is 5.92 Å². The Balaban J connectivity index is 1.80. The average molecular weight is 438 g/mol. The quantitative estimate of drug-likeness (QED) is 0.720. The van der Waals surface area contributed by atoms with Crippen LogP contribution in [0.15, 0.2) is 35.2 Å². The summed E-state index contributed by atoms with van der Waals surface area (Å²) in [4.78, 5) is 26.5. The van der Waals surface area contributed by atoms with Crippen molar-refractivity contribution in [2.24, 2.45) is 5.92 Å². The van der Waals surface area contributed by atoms with Crippen molar-refractivity contribution >= 4 is 43.9 Å². The summed E-state index contributed by atoms with van der Waals surface area (Å²) in [5.41, 5.74) is 1.42. The normalized spacial score (nSPS) is 16.4. The van der Waals surface area contributed by atoms with Gasteiger partial charge in [0.2, 0.25) is 10.0 Å². The predicted octanol–water partition coefficient (Wildman–Crippen LogP) is 2.68. The summed E-state index contributed by atoms with van der Waals surface area (Å²) >= 11 is 1.15. The van der Waals surface area contributed by atoms with E-state index in [-0.39, 0.29) is 23.3 Å². The number of carboxylic acid groups (broad SMARTS) is 1. The zero-order valence-corrected chi connectivity index (χ0v) is 18.2. The van der Waals surface area contributed by atoms with Gasteiger partial charge in [-0.25, -0.2) is 8.42 Å². The maximum atomic E-state index is 12.9. The highest BCUT2D eigenvalue weighted by Gasteiger charge is 2.44. The number of aliphatic carboxylic acids is 1. The van der Waals surface area contributed by atoms with Crippen molar-refractivity contribution in [1.29, 1.82) is 0 Å². The monoisotopic (exact) mass is 437 g/mol. The molecular formula is C19H23N3O5S2. The van der Waals surface area contributed by atoms with Gasteiger partial charge in [0.05, 0.1) is 16.4 Å². The summed E-state index contributed by atoms with van der Waals surface area (Å²) in [6.45, 7) is 3.34. The maximum absolute atomic E-state index is 12.9. The molecule has 2 heterocycles. The van der Waals surface area contributed by atoms with Crippen LogP contribution in [0.25, 0.3) is 0 Å². The lowest BCUT2D eigenvalue weighted by Crippen LogP contribution is -2.44. The van der Waals surface area contributed by atoms with Crippen molar-refractivity contribution < 1.29 is 23.1 Å². The first-order chi connectivity index (χ1) is 13.5.